The molecule has 4 nitrogen and oxygen atoms in total. The van der Waals surface area contributed by atoms with Gasteiger partial charge in [-0.1, -0.05) is 29.3 Å². The second-order valence-electron chi connectivity index (χ2n) is 4.88. The normalized spacial score (nSPS) is 10.9. The lowest BCUT2D eigenvalue weighted by Gasteiger charge is -2.09. The first-order valence-electron chi connectivity index (χ1n) is 6.60. The largest absolute Gasteiger partial charge is 0.486 e. The van der Waals surface area contributed by atoms with E-state index >= 15 is 0 Å². The fraction of sp³-hybridized carbons (Fsp3) is 0.125. The van der Waals surface area contributed by atoms with Gasteiger partial charge in [0.1, 0.15) is 18.0 Å². The maximum Gasteiger partial charge on any atom is 0.258 e. The first-order chi connectivity index (χ1) is 10.5. The lowest BCUT2D eigenvalue weighted by atomic mass is 10.3. The Bertz CT molecular complexity index is 906. The number of hydrogen-bond acceptors (Lipinski definition) is 3. The van der Waals surface area contributed by atoms with E-state index in [0.717, 1.165) is 5.56 Å². The molecule has 0 aliphatic rings. The van der Waals surface area contributed by atoms with Crippen molar-refractivity contribution in [3.63, 3.8) is 0 Å². The molecule has 2 aromatic heterocycles. The number of aryl methyl sites for hydroxylation is 1. The maximum absolute atomic E-state index is 12.1. The van der Waals surface area contributed by atoms with Crippen LogP contribution >= 0.6 is 23.2 Å². The van der Waals surface area contributed by atoms with E-state index in [-0.39, 0.29) is 12.2 Å². The number of halogens is 2. The molecule has 0 spiro atoms. The molecule has 0 fully saturated rings. The van der Waals surface area contributed by atoms with Crippen molar-refractivity contribution in [3.05, 3.63) is 74.3 Å². The van der Waals surface area contributed by atoms with Crippen LogP contribution in [0.3, 0.4) is 0 Å². The Hall–Kier alpha value is -2.04. The number of hydrogen-bond donors (Lipinski definition) is 0. The lowest BCUT2D eigenvalue weighted by Crippen LogP contribution is -2.16. The SMILES string of the molecule is Cc1ccc2nc(COc3ccc(Cl)cc3Cl)cc(=O)n2c1. The summed E-state index contributed by atoms with van der Waals surface area (Å²) in [5.41, 5.74) is 1.97. The van der Waals surface area contributed by atoms with Gasteiger partial charge in [-0.3, -0.25) is 9.20 Å². The summed E-state index contributed by atoms with van der Waals surface area (Å²) in [6, 6.07) is 10.1. The van der Waals surface area contributed by atoms with Gasteiger partial charge in [0.25, 0.3) is 5.56 Å². The first-order valence-corrected chi connectivity index (χ1v) is 7.35. The second kappa shape index (κ2) is 5.99. The molecule has 0 unspecified atom stereocenters. The maximum atomic E-state index is 12.1. The van der Waals surface area contributed by atoms with Crippen LogP contribution in [0, 0.1) is 6.92 Å². The quantitative estimate of drug-likeness (QED) is 0.729. The van der Waals surface area contributed by atoms with Gasteiger partial charge in [0.15, 0.2) is 0 Å². The smallest absolute Gasteiger partial charge is 0.258 e. The van der Waals surface area contributed by atoms with E-state index in [0.29, 0.717) is 27.1 Å². The Balaban J connectivity index is 1.88. The van der Waals surface area contributed by atoms with Crippen LogP contribution in [0.4, 0.5) is 0 Å². The third-order valence-electron chi connectivity index (χ3n) is 3.13. The van der Waals surface area contributed by atoms with Crippen LogP contribution in [-0.2, 0) is 6.61 Å². The fourth-order valence-electron chi connectivity index (χ4n) is 2.08. The van der Waals surface area contributed by atoms with Gasteiger partial charge in [-0.25, -0.2) is 4.98 Å². The average molecular weight is 335 g/mol. The number of benzene rings is 1. The van der Waals surface area contributed by atoms with Gasteiger partial charge < -0.3 is 4.74 Å². The van der Waals surface area contributed by atoms with Gasteiger partial charge >= 0.3 is 0 Å². The summed E-state index contributed by atoms with van der Waals surface area (Å²) in [7, 11) is 0. The number of pyridine rings is 1. The Morgan fingerprint density at radius 1 is 1.18 bits per heavy atom. The van der Waals surface area contributed by atoms with Crippen molar-refractivity contribution >= 4 is 28.8 Å². The summed E-state index contributed by atoms with van der Waals surface area (Å²) >= 11 is 11.9. The minimum absolute atomic E-state index is 0.144. The lowest BCUT2D eigenvalue weighted by molar-refractivity contribution is 0.301. The van der Waals surface area contributed by atoms with Crippen molar-refractivity contribution in [1.82, 2.24) is 9.38 Å². The van der Waals surface area contributed by atoms with Gasteiger partial charge in [0, 0.05) is 17.3 Å². The van der Waals surface area contributed by atoms with Crippen LogP contribution in [0.5, 0.6) is 5.75 Å². The van der Waals surface area contributed by atoms with Crippen LogP contribution in [0.1, 0.15) is 11.3 Å². The highest BCUT2D eigenvalue weighted by Gasteiger charge is 2.06. The van der Waals surface area contributed by atoms with E-state index in [1.807, 2.05) is 13.0 Å². The van der Waals surface area contributed by atoms with Crippen LogP contribution in [0.25, 0.3) is 5.65 Å². The summed E-state index contributed by atoms with van der Waals surface area (Å²) in [5, 5.41) is 0.954. The molecule has 0 N–H and O–H groups in total. The summed E-state index contributed by atoms with van der Waals surface area (Å²) in [4.78, 5) is 16.5. The molecule has 6 heteroatoms. The Morgan fingerprint density at radius 2 is 2.00 bits per heavy atom. The summed E-state index contributed by atoms with van der Waals surface area (Å²) in [6.45, 7) is 2.08. The number of nitrogens with zero attached hydrogens (tertiary/aromatic N) is 2. The highest BCUT2D eigenvalue weighted by atomic mass is 35.5. The molecule has 0 bridgehead atoms. The van der Waals surface area contributed by atoms with Crippen molar-refractivity contribution in [2.45, 2.75) is 13.5 Å². The average Bonchev–Trinajstić information content (AvgIpc) is 2.47. The molecule has 0 aliphatic heterocycles. The molecule has 0 atom stereocenters. The van der Waals surface area contributed by atoms with Crippen molar-refractivity contribution in [1.29, 1.82) is 0 Å². The molecule has 0 amide bonds. The number of rotatable bonds is 3. The molecule has 0 radical (unpaired) electrons. The first kappa shape index (κ1) is 14.9. The number of ether oxygens (including phenoxy) is 1. The van der Waals surface area contributed by atoms with Crippen molar-refractivity contribution in [2.75, 3.05) is 0 Å². The van der Waals surface area contributed by atoms with Gasteiger partial charge in [-0.05, 0) is 36.8 Å². The molecule has 0 saturated carbocycles. The Labute approximate surface area is 136 Å². The summed E-state index contributed by atoms with van der Waals surface area (Å²) < 4.78 is 7.11. The highest BCUT2D eigenvalue weighted by molar-refractivity contribution is 6.35. The van der Waals surface area contributed by atoms with Crippen molar-refractivity contribution < 1.29 is 4.74 Å². The summed E-state index contributed by atoms with van der Waals surface area (Å²) in [6.07, 6.45) is 1.76. The molecule has 112 valence electrons. The zero-order chi connectivity index (χ0) is 15.7. The van der Waals surface area contributed by atoms with E-state index in [2.05, 4.69) is 4.98 Å². The second-order valence-corrected chi connectivity index (χ2v) is 5.73. The van der Waals surface area contributed by atoms with Gasteiger partial charge in [0.2, 0.25) is 0 Å². The molecular weight excluding hydrogens is 323 g/mol. The number of aromatic nitrogens is 2. The fourth-order valence-corrected chi connectivity index (χ4v) is 2.54. The van der Waals surface area contributed by atoms with Crippen molar-refractivity contribution in [3.8, 4) is 5.75 Å². The molecular formula is C16H12Cl2N2O2. The topological polar surface area (TPSA) is 43.6 Å². The zero-order valence-electron chi connectivity index (χ0n) is 11.7. The standard InChI is InChI=1S/C16H12Cl2N2O2/c1-10-2-5-15-19-12(7-16(21)20(15)8-10)9-22-14-4-3-11(17)6-13(14)18/h2-8H,9H2,1H3. The van der Waals surface area contributed by atoms with Crippen LogP contribution < -0.4 is 10.3 Å². The monoisotopic (exact) mass is 334 g/mol. The Morgan fingerprint density at radius 3 is 2.77 bits per heavy atom. The van der Waals surface area contributed by atoms with E-state index in [9.17, 15) is 4.79 Å². The predicted molar refractivity (Wildman–Crippen MR) is 87.0 cm³/mol. The van der Waals surface area contributed by atoms with E-state index < -0.39 is 0 Å². The molecule has 0 saturated heterocycles. The van der Waals surface area contributed by atoms with Crippen molar-refractivity contribution in [2.24, 2.45) is 0 Å². The Kier molecular flexibility index (Phi) is 4.05. The minimum atomic E-state index is -0.144. The third kappa shape index (κ3) is 3.08. The third-order valence-corrected chi connectivity index (χ3v) is 3.66. The van der Waals surface area contributed by atoms with Crippen LogP contribution in [0.15, 0.2) is 47.4 Å². The van der Waals surface area contributed by atoms with Crippen LogP contribution in [0.2, 0.25) is 10.0 Å². The van der Waals surface area contributed by atoms with Gasteiger partial charge in [0.05, 0.1) is 10.7 Å². The predicted octanol–water partition coefficient (Wildman–Crippen LogP) is 3.89. The highest BCUT2D eigenvalue weighted by Crippen LogP contribution is 2.27. The molecule has 3 rings (SSSR count). The van der Waals surface area contributed by atoms with E-state index in [4.69, 9.17) is 27.9 Å². The number of fused-ring (bicyclic) bond motifs is 1. The zero-order valence-corrected chi connectivity index (χ0v) is 13.2. The molecule has 2 heterocycles. The molecule has 1 aromatic carbocycles. The molecule has 3 aromatic rings. The minimum Gasteiger partial charge on any atom is -0.486 e. The summed E-state index contributed by atoms with van der Waals surface area (Å²) in [5.74, 6) is 0.497. The van der Waals surface area contributed by atoms with E-state index in [1.165, 1.54) is 10.5 Å². The van der Waals surface area contributed by atoms with E-state index in [1.54, 1.807) is 30.5 Å². The van der Waals surface area contributed by atoms with Gasteiger partial charge in [-0.15, -0.1) is 0 Å². The van der Waals surface area contributed by atoms with Crippen LogP contribution in [-0.4, -0.2) is 9.38 Å². The molecule has 22 heavy (non-hydrogen) atoms. The molecule has 0 aliphatic carbocycles. The van der Waals surface area contributed by atoms with Gasteiger partial charge in [-0.2, -0.15) is 0 Å².